The molecule has 0 aliphatic carbocycles. The second kappa shape index (κ2) is 12.2. The van der Waals surface area contributed by atoms with Crippen molar-refractivity contribution >= 4 is 23.4 Å². The molecule has 4 rings (SSSR count). The number of hydrogen-bond acceptors (Lipinski definition) is 8. The zero-order valence-electron chi connectivity index (χ0n) is 21.3. The second-order valence-corrected chi connectivity index (χ2v) is 8.73. The van der Waals surface area contributed by atoms with Crippen molar-refractivity contribution in [1.29, 1.82) is 0 Å². The molecule has 1 fully saturated rings. The van der Waals surface area contributed by atoms with Gasteiger partial charge in [0, 0.05) is 43.7 Å². The summed E-state index contributed by atoms with van der Waals surface area (Å²) >= 11 is 0. The normalized spacial score (nSPS) is 15.1. The van der Waals surface area contributed by atoms with Gasteiger partial charge in [0.15, 0.2) is 11.5 Å². The molecule has 9 nitrogen and oxygen atoms in total. The number of carbonyl (C=O) groups is 1. The van der Waals surface area contributed by atoms with Crippen LogP contribution in [0.15, 0.2) is 48.7 Å². The van der Waals surface area contributed by atoms with Gasteiger partial charge >= 0.3 is 0 Å². The monoisotopic (exact) mass is 509 g/mol. The number of ether oxygens (including phenoxy) is 3. The predicted octanol–water partition coefficient (Wildman–Crippen LogP) is 3.96. The largest absolute Gasteiger partial charge is 0.493 e. The van der Waals surface area contributed by atoms with Gasteiger partial charge in [0.25, 0.3) is 0 Å². The van der Waals surface area contributed by atoms with Gasteiger partial charge in [-0.15, -0.1) is 0 Å². The number of halogens is 1. The number of hydrogen-bond donors (Lipinski definition) is 2. The van der Waals surface area contributed by atoms with Gasteiger partial charge in [-0.3, -0.25) is 4.79 Å². The van der Waals surface area contributed by atoms with Crippen LogP contribution in [-0.2, 0) is 11.2 Å². The Morgan fingerprint density at radius 2 is 1.81 bits per heavy atom. The molecule has 196 valence electrons. The van der Waals surface area contributed by atoms with Crippen molar-refractivity contribution in [3.8, 4) is 17.2 Å². The molecule has 1 aliphatic rings. The Labute approximate surface area is 216 Å². The fraction of sp³-hybridized carbons (Fsp3) is 0.370. The number of aromatic nitrogens is 2. The highest BCUT2D eigenvalue weighted by Gasteiger charge is 2.26. The number of nitrogens with zero attached hydrogens (tertiary/aromatic N) is 3. The molecule has 1 saturated heterocycles. The van der Waals surface area contributed by atoms with Crippen LogP contribution in [0.4, 0.5) is 21.8 Å². The minimum Gasteiger partial charge on any atom is -0.493 e. The summed E-state index contributed by atoms with van der Waals surface area (Å²) in [6, 6.07) is 11.8. The number of rotatable bonds is 10. The molecule has 10 heteroatoms. The molecule has 1 unspecified atom stereocenters. The van der Waals surface area contributed by atoms with Crippen molar-refractivity contribution in [2.24, 2.45) is 5.92 Å². The number of piperidine rings is 1. The quantitative estimate of drug-likeness (QED) is 0.424. The molecule has 0 radical (unpaired) electrons. The lowest BCUT2D eigenvalue weighted by Gasteiger charge is -2.33. The third-order valence-corrected chi connectivity index (χ3v) is 6.30. The van der Waals surface area contributed by atoms with Crippen molar-refractivity contribution in [3.05, 3.63) is 60.0 Å². The van der Waals surface area contributed by atoms with Gasteiger partial charge in [0.2, 0.25) is 17.6 Å². The van der Waals surface area contributed by atoms with Gasteiger partial charge in [-0.1, -0.05) is 12.1 Å². The van der Waals surface area contributed by atoms with Crippen LogP contribution in [0.3, 0.4) is 0 Å². The van der Waals surface area contributed by atoms with E-state index >= 15 is 0 Å². The Hall–Kier alpha value is -4.08. The average Bonchev–Trinajstić information content (AvgIpc) is 2.93. The summed E-state index contributed by atoms with van der Waals surface area (Å²) in [6.45, 7) is 1.89. The number of carbonyl (C=O) groups excluding carboxylic acids is 1. The van der Waals surface area contributed by atoms with E-state index in [0.29, 0.717) is 48.4 Å². The molecule has 1 aliphatic heterocycles. The molecule has 1 amide bonds. The minimum atomic E-state index is -0.262. The summed E-state index contributed by atoms with van der Waals surface area (Å²) in [5.41, 5.74) is 1.67. The highest BCUT2D eigenvalue weighted by Crippen LogP contribution is 2.40. The topological polar surface area (TPSA) is 97.8 Å². The first-order chi connectivity index (χ1) is 18.0. The maximum Gasteiger partial charge on any atom is 0.229 e. The zero-order chi connectivity index (χ0) is 26.2. The van der Waals surface area contributed by atoms with E-state index in [2.05, 4.69) is 25.5 Å². The molecule has 2 N–H and O–H groups in total. The summed E-state index contributed by atoms with van der Waals surface area (Å²) in [5, 5.41) is 6.22. The van der Waals surface area contributed by atoms with E-state index in [4.69, 9.17) is 14.2 Å². The van der Waals surface area contributed by atoms with Gasteiger partial charge in [-0.05, 0) is 43.0 Å². The molecule has 1 atom stereocenters. The predicted molar refractivity (Wildman–Crippen MR) is 139 cm³/mol. The van der Waals surface area contributed by atoms with Crippen LogP contribution in [-0.4, -0.2) is 56.8 Å². The van der Waals surface area contributed by atoms with E-state index in [9.17, 15) is 9.18 Å². The first-order valence-corrected chi connectivity index (χ1v) is 12.2. The van der Waals surface area contributed by atoms with Gasteiger partial charge in [0.05, 0.1) is 27.2 Å². The molecule has 2 aromatic carbocycles. The summed E-state index contributed by atoms with van der Waals surface area (Å²) < 4.78 is 29.3. The van der Waals surface area contributed by atoms with E-state index < -0.39 is 0 Å². The Kier molecular flexibility index (Phi) is 8.60. The van der Waals surface area contributed by atoms with Crippen LogP contribution in [0.5, 0.6) is 17.2 Å². The van der Waals surface area contributed by atoms with Crippen LogP contribution < -0.4 is 29.7 Å². The standard InChI is InChI=1S/C27H32FN5O4/c1-35-22-15-21(16-23(36-2)25(22)37-3)31-27-30-13-11-24(32-27)33-14-4-5-19(17-33)26(34)29-12-10-18-6-8-20(28)9-7-18/h6-9,11,13,15-16,19H,4-5,10,12,14,17H2,1-3H3,(H,29,34)(H,30,31,32). The van der Waals surface area contributed by atoms with Crippen molar-refractivity contribution in [1.82, 2.24) is 15.3 Å². The van der Waals surface area contributed by atoms with Gasteiger partial charge in [-0.2, -0.15) is 4.98 Å². The van der Waals surface area contributed by atoms with Gasteiger partial charge in [0.1, 0.15) is 11.6 Å². The van der Waals surface area contributed by atoms with Crippen molar-refractivity contribution in [2.45, 2.75) is 19.3 Å². The Balaban J connectivity index is 1.38. The Bertz CT molecular complexity index is 1180. The Morgan fingerprint density at radius 3 is 2.49 bits per heavy atom. The van der Waals surface area contributed by atoms with E-state index in [0.717, 1.165) is 30.8 Å². The van der Waals surface area contributed by atoms with E-state index in [1.54, 1.807) is 51.8 Å². The molecule has 3 aromatic rings. The SMILES string of the molecule is COc1cc(Nc2nccc(N3CCCC(C(=O)NCCc4ccc(F)cc4)C3)n2)cc(OC)c1OC. The number of anilines is 3. The lowest BCUT2D eigenvalue weighted by molar-refractivity contribution is -0.125. The number of amides is 1. The van der Waals surface area contributed by atoms with Crippen LogP contribution in [0, 0.1) is 11.7 Å². The summed E-state index contributed by atoms with van der Waals surface area (Å²) in [5.74, 6) is 2.32. The van der Waals surface area contributed by atoms with Crippen molar-refractivity contribution in [2.75, 3.05) is 51.2 Å². The van der Waals surface area contributed by atoms with Crippen LogP contribution in [0.1, 0.15) is 18.4 Å². The highest BCUT2D eigenvalue weighted by atomic mass is 19.1. The van der Waals surface area contributed by atoms with Crippen molar-refractivity contribution < 1.29 is 23.4 Å². The molecule has 0 spiro atoms. The third kappa shape index (κ3) is 6.58. The molecule has 1 aromatic heterocycles. The molecular formula is C27H32FN5O4. The zero-order valence-corrected chi connectivity index (χ0v) is 21.3. The van der Waals surface area contributed by atoms with Gasteiger partial charge in [-0.25, -0.2) is 9.37 Å². The molecule has 0 saturated carbocycles. The third-order valence-electron chi connectivity index (χ3n) is 6.30. The summed E-state index contributed by atoms with van der Waals surface area (Å²) in [4.78, 5) is 24.0. The first kappa shape index (κ1) is 26.0. The average molecular weight is 510 g/mol. The van der Waals surface area contributed by atoms with E-state index in [1.807, 2.05) is 6.07 Å². The number of benzene rings is 2. The fourth-order valence-electron chi connectivity index (χ4n) is 4.39. The van der Waals surface area contributed by atoms with E-state index in [-0.39, 0.29) is 17.6 Å². The minimum absolute atomic E-state index is 0.0247. The first-order valence-electron chi connectivity index (χ1n) is 12.2. The lowest BCUT2D eigenvalue weighted by Crippen LogP contribution is -2.43. The summed E-state index contributed by atoms with van der Waals surface area (Å²) in [7, 11) is 4.67. The Morgan fingerprint density at radius 1 is 1.08 bits per heavy atom. The second-order valence-electron chi connectivity index (χ2n) is 8.73. The molecule has 0 bridgehead atoms. The van der Waals surface area contributed by atoms with Crippen LogP contribution >= 0.6 is 0 Å². The molecular weight excluding hydrogens is 477 g/mol. The number of nitrogens with one attached hydrogen (secondary N) is 2. The molecule has 2 heterocycles. The van der Waals surface area contributed by atoms with E-state index in [1.165, 1.54) is 12.1 Å². The number of methoxy groups -OCH3 is 3. The van der Waals surface area contributed by atoms with Crippen molar-refractivity contribution in [3.63, 3.8) is 0 Å². The lowest BCUT2D eigenvalue weighted by atomic mass is 9.97. The molecule has 37 heavy (non-hydrogen) atoms. The van der Waals surface area contributed by atoms with Crippen LogP contribution in [0.25, 0.3) is 0 Å². The maximum absolute atomic E-state index is 13.1. The van der Waals surface area contributed by atoms with Gasteiger partial charge < -0.3 is 29.7 Å². The highest BCUT2D eigenvalue weighted by molar-refractivity contribution is 5.79. The fourth-order valence-corrected chi connectivity index (χ4v) is 4.39. The van der Waals surface area contributed by atoms with Crippen LogP contribution in [0.2, 0.25) is 0 Å². The maximum atomic E-state index is 13.1. The summed E-state index contributed by atoms with van der Waals surface area (Å²) in [6.07, 6.45) is 4.05. The smallest absolute Gasteiger partial charge is 0.229 e.